The van der Waals surface area contributed by atoms with Gasteiger partial charge in [-0.15, -0.1) is 0 Å². The summed E-state index contributed by atoms with van der Waals surface area (Å²) in [4.78, 5) is 16.1. The number of rotatable bonds is 4. The second-order valence-electron chi connectivity index (χ2n) is 4.18. The molecule has 1 aromatic heterocycles. The van der Waals surface area contributed by atoms with Crippen molar-refractivity contribution in [3.8, 4) is 0 Å². The average Bonchev–Trinajstić information content (AvgIpc) is 2.75. The van der Waals surface area contributed by atoms with E-state index in [4.69, 9.17) is 4.42 Å². The van der Waals surface area contributed by atoms with Gasteiger partial charge in [-0.2, -0.15) is 0 Å². The summed E-state index contributed by atoms with van der Waals surface area (Å²) in [5.41, 5.74) is 2.55. The molecule has 0 saturated carbocycles. The first kappa shape index (κ1) is 12.4. The molecular weight excluding hydrogens is 228 g/mol. The predicted molar refractivity (Wildman–Crippen MR) is 68.5 cm³/mol. The van der Waals surface area contributed by atoms with Crippen molar-refractivity contribution in [2.75, 3.05) is 6.54 Å². The number of carbonyl (C=O) groups excluding carboxylic acids is 1. The Kier molecular flexibility index (Phi) is 3.77. The lowest BCUT2D eigenvalue weighted by molar-refractivity contribution is 0.0953. The molecule has 18 heavy (non-hydrogen) atoms. The molecule has 4 nitrogen and oxygen atoms in total. The van der Waals surface area contributed by atoms with Crippen LogP contribution in [0.3, 0.4) is 0 Å². The van der Waals surface area contributed by atoms with Crippen LogP contribution in [0.4, 0.5) is 0 Å². The van der Waals surface area contributed by atoms with Crippen LogP contribution >= 0.6 is 0 Å². The highest BCUT2D eigenvalue weighted by atomic mass is 16.3. The topological polar surface area (TPSA) is 55.1 Å². The molecule has 4 heteroatoms. The molecule has 0 spiro atoms. The molecule has 0 atom stereocenters. The average molecular weight is 244 g/mol. The Labute approximate surface area is 106 Å². The van der Waals surface area contributed by atoms with E-state index in [2.05, 4.69) is 10.3 Å². The molecule has 0 aliphatic rings. The summed E-state index contributed by atoms with van der Waals surface area (Å²) < 4.78 is 5.10. The Morgan fingerprint density at radius 2 is 2.11 bits per heavy atom. The minimum Gasteiger partial charge on any atom is -0.449 e. The maximum absolute atomic E-state index is 11.9. The number of hydrogen-bond acceptors (Lipinski definition) is 3. The number of nitrogens with one attached hydrogen (secondary N) is 1. The van der Waals surface area contributed by atoms with Crippen molar-refractivity contribution in [1.82, 2.24) is 10.3 Å². The lowest BCUT2D eigenvalue weighted by atomic mass is 10.1. The molecule has 0 radical (unpaired) electrons. The highest BCUT2D eigenvalue weighted by molar-refractivity contribution is 5.95. The molecule has 0 bridgehead atoms. The Morgan fingerprint density at radius 1 is 1.33 bits per heavy atom. The molecule has 1 heterocycles. The molecule has 1 N–H and O–H groups in total. The van der Waals surface area contributed by atoms with Crippen molar-refractivity contribution in [3.63, 3.8) is 0 Å². The molecule has 1 aromatic carbocycles. The van der Waals surface area contributed by atoms with Crippen LogP contribution in [0.5, 0.6) is 0 Å². The third kappa shape index (κ3) is 2.97. The van der Waals surface area contributed by atoms with E-state index in [1.54, 1.807) is 13.2 Å². The SMILES string of the molecule is Cc1nc(CCNC(=O)c2ccccc2C)co1. The van der Waals surface area contributed by atoms with Gasteiger partial charge in [-0.3, -0.25) is 4.79 Å². The number of aryl methyl sites for hydroxylation is 2. The van der Waals surface area contributed by atoms with Gasteiger partial charge in [0.15, 0.2) is 5.89 Å². The molecule has 2 aromatic rings. The van der Waals surface area contributed by atoms with Crippen LogP contribution in [-0.4, -0.2) is 17.4 Å². The highest BCUT2D eigenvalue weighted by Gasteiger charge is 2.07. The van der Waals surface area contributed by atoms with E-state index in [9.17, 15) is 4.79 Å². The smallest absolute Gasteiger partial charge is 0.251 e. The van der Waals surface area contributed by atoms with E-state index in [1.807, 2.05) is 31.2 Å². The fourth-order valence-corrected chi connectivity index (χ4v) is 1.75. The normalized spacial score (nSPS) is 10.3. The molecule has 0 saturated heterocycles. The highest BCUT2D eigenvalue weighted by Crippen LogP contribution is 2.06. The summed E-state index contributed by atoms with van der Waals surface area (Å²) >= 11 is 0. The van der Waals surface area contributed by atoms with Gasteiger partial charge in [-0.05, 0) is 18.6 Å². The number of aromatic nitrogens is 1. The van der Waals surface area contributed by atoms with Gasteiger partial charge in [-0.25, -0.2) is 4.98 Å². The van der Waals surface area contributed by atoms with E-state index in [1.165, 1.54) is 0 Å². The minimum absolute atomic E-state index is 0.0479. The standard InChI is InChI=1S/C14H16N2O2/c1-10-5-3-4-6-13(10)14(17)15-8-7-12-9-18-11(2)16-12/h3-6,9H,7-8H2,1-2H3,(H,15,17). The van der Waals surface area contributed by atoms with Crippen molar-refractivity contribution in [1.29, 1.82) is 0 Å². The Balaban J connectivity index is 1.87. The number of nitrogens with zero attached hydrogens (tertiary/aromatic N) is 1. The van der Waals surface area contributed by atoms with Gasteiger partial charge in [0.05, 0.1) is 5.69 Å². The second-order valence-corrected chi connectivity index (χ2v) is 4.18. The van der Waals surface area contributed by atoms with Crippen molar-refractivity contribution >= 4 is 5.91 Å². The van der Waals surface area contributed by atoms with Crippen molar-refractivity contribution in [3.05, 3.63) is 53.2 Å². The molecule has 0 fully saturated rings. The van der Waals surface area contributed by atoms with Crippen molar-refractivity contribution < 1.29 is 9.21 Å². The zero-order valence-electron chi connectivity index (χ0n) is 10.6. The van der Waals surface area contributed by atoms with E-state index in [0.717, 1.165) is 11.3 Å². The molecule has 0 aliphatic carbocycles. The van der Waals surface area contributed by atoms with E-state index >= 15 is 0 Å². The molecule has 0 unspecified atom stereocenters. The van der Waals surface area contributed by atoms with Crippen LogP contribution in [0.1, 0.15) is 27.5 Å². The molecule has 0 aliphatic heterocycles. The van der Waals surface area contributed by atoms with Crippen molar-refractivity contribution in [2.45, 2.75) is 20.3 Å². The van der Waals surface area contributed by atoms with Gasteiger partial charge in [0, 0.05) is 25.5 Å². The van der Waals surface area contributed by atoms with Crippen molar-refractivity contribution in [2.24, 2.45) is 0 Å². The van der Waals surface area contributed by atoms with Gasteiger partial charge < -0.3 is 9.73 Å². The zero-order chi connectivity index (χ0) is 13.0. The Hall–Kier alpha value is -2.10. The number of amides is 1. The van der Waals surface area contributed by atoms with Gasteiger partial charge in [0.25, 0.3) is 5.91 Å². The van der Waals surface area contributed by atoms with E-state index in [-0.39, 0.29) is 5.91 Å². The van der Waals surface area contributed by atoms with E-state index < -0.39 is 0 Å². The summed E-state index contributed by atoms with van der Waals surface area (Å²) in [6.45, 7) is 4.28. The van der Waals surface area contributed by atoms with Crippen LogP contribution in [0, 0.1) is 13.8 Å². The molecular formula is C14H16N2O2. The third-order valence-electron chi connectivity index (χ3n) is 2.72. The molecule has 1 amide bonds. The minimum atomic E-state index is -0.0479. The Bertz CT molecular complexity index is 546. The first-order valence-corrected chi connectivity index (χ1v) is 5.91. The van der Waals surface area contributed by atoms with E-state index in [0.29, 0.717) is 24.4 Å². The summed E-state index contributed by atoms with van der Waals surface area (Å²) in [6.07, 6.45) is 2.30. The van der Waals surface area contributed by atoms with Gasteiger partial charge in [0.2, 0.25) is 0 Å². The maximum Gasteiger partial charge on any atom is 0.251 e. The van der Waals surface area contributed by atoms with Crippen LogP contribution in [0.15, 0.2) is 34.9 Å². The molecule has 2 rings (SSSR count). The Morgan fingerprint density at radius 3 is 2.78 bits per heavy atom. The monoisotopic (exact) mass is 244 g/mol. The summed E-state index contributed by atoms with van der Waals surface area (Å²) in [5.74, 6) is 0.601. The van der Waals surface area contributed by atoms with Crippen LogP contribution in [0.25, 0.3) is 0 Å². The van der Waals surface area contributed by atoms with Crippen LogP contribution in [-0.2, 0) is 6.42 Å². The lowest BCUT2D eigenvalue weighted by Crippen LogP contribution is -2.26. The summed E-state index contributed by atoms with van der Waals surface area (Å²) in [6, 6.07) is 7.54. The van der Waals surface area contributed by atoms with Crippen LogP contribution < -0.4 is 5.32 Å². The zero-order valence-corrected chi connectivity index (χ0v) is 10.6. The third-order valence-corrected chi connectivity index (χ3v) is 2.72. The fourth-order valence-electron chi connectivity index (χ4n) is 1.75. The number of carbonyl (C=O) groups is 1. The largest absolute Gasteiger partial charge is 0.449 e. The number of benzene rings is 1. The number of hydrogen-bond donors (Lipinski definition) is 1. The summed E-state index contributed by atoms with van der Waals surface area (Å²) in [5, 5.41) is 2.88. The first-order chi connectivity index (χ1) is 8.66. The maximum atomic E-state index is 11.9. The van der Waals surface area contributed by atoms with Gasteiger partial charge in [0.1, 0.15) is 6.26 Å². The first-order valence-electron chi connectivity index (χ1n) is 5.91. The summed E-state index contributed by atoms with van der Waals surface area (Å²) in [7, 11) is 0. The lowest BCUT2D eigenvalue weighted by Gasteiger charge is -2.06. The molecule has 94 valence electrons. The fraction of sp³-hybridized carbons (Fsp3) is 0.286. The van der Waals surface area contributed by atoms with Gasteiger partial charge >= 0.3 is 0 Å². The van der Waals surface area contributed by atoms with Gasteiger partial charge in [-0.1, -0.05) is 18.2 Å². The quantitative estimate of drug-likeness (QED) is 0.897. The second kappa shape index (κ2) is 5.49. The number of oxazole rings is 1. The van der Waals surface area contributed by atoms with Crippen LogP contribution in [0.2, 0.25) is 0 Å². The predicted octanol–water partition coefficient (Wildman–Crippen LogP) is 2.26.